The van der Waals surface area contributed by atoms with Gasteiger partial charge in [-0.1, -0.05) is 47.2 Å². The molecule has 0 saturated heterocycles. The Bertz CT molecular complexity index is 989. The first kappa shape index (κ1) is 18.9. The van der Waals surface area contributed by atoms with Gasteiger partial charge < -0.3 is 10.6 Å². The third-order valence-corrected chi connectivity index (χ3v) is 5.25. The molecule has 8 heteroatoms. The van der Waals surface area contributed by atoms with Gasteiger partial charge in [-0.15, -0.1) is 0 Å². The predicted molar refractivity (Wildman–Crippen MR) is 110 cm³/mol. The number of para-hydroxylation sites is 1. The Morgan fingerprint density at radius 1 is 0.963 bits per heavy atom. The number of thiazole rings is 1. The highest BCUT2D eigenvalue weighted by Crippen LogP contribution is 2.27. The molecule has 3 amide bonds. The standard InChI is InChI=1S/C19H17ClN4O2S/c1-11-14(20)9-6-10-15(11)23-17(25)16-12(2)21-19(27-16)24-18(26)22-13-7-4-3-5-8-13/h3-10H,1-2H3,(H,23,25)(H2,21,22,24,26). The van der Waals surface area contributed by atoms with Gasteiger partial charge in [0.25, 0.3) is 5.91 Å². The fourth-order valence-electron chi connectivity index (χ4n) is 2.36. The number of anilines is 3. The fraction of sp³-hybridized carbons (Fsp3) is 0.105. The molecule has 3 aromatic rings. The van der Waals surface area contributed by atoms with E-state index >= 15 is 0 Å². The summed E-state index contributed by atoms with van der Waals surface area (Å²) in [7, 11) is 0. The maximum absolute atomic E-state index is 12.6. The van der Waals surface area contributed by atoms with Crippen LogP contribution in [0.15, 0.2) is 48.5 Å². The van der Waals surface area contributed by atoms with Crippen molar-refractivity contribution in [3.8, 4) is 0 Å². The highest BCUT2D eigenvalue weighted by atomic mass is 35.5. The molecule has 6 nitrogen and oxygen atoms in total. The molecule has 0 aliphatic rings. The molecule has 0 saturated carbocycles. The van der Waals surface area contributed by atoms with Crippen LogP contribution in [0.4, 0.5) is 21.3 Å². The number of amides is 3. The summed E-state index contributed by atoms with van der Waals surface area (Å²) in [6.07, 6.45) is 0. The number of aromatic nitrogens is 1. The van der Waals surface area contributed by atoms with E-state index in [0.717, 1.165) is 16.9 Å². The molecule has 0 spiro atoms. The zero-order valence-electron chi connectivity index (χ0n) is 14.7. The van der Waals surface area contributed by atoms with Crippen LogP contribution in [0.5, 0.6) is 0 Å². The van der Waals surface area contributed by atoms with Crippen molar-refractivity contribution in [2.45, 2.75) is 13.8 Å². The first-order chi connectivity index (χ1) is 12.9. The molecular weight excluding hydrogens is 384 g/mol. The molecule has 0 aliphatic carbocycles. The number of hydrogen-bond donors (Lipinski definition) is 3. The minimum Gasteiger partial charge on any atom is -0.321 e. The summed E-state index contributed by atoms with van der Waals surface area (Å²) in [6.45, 7) is 3.55. The third kappa shape index (κ3) is 4.64. The van der Waals surface area contributed by atoms with Crippen LogP contribution in [-0.4, -0.2) is 16.9 Å². The van der Waals surface area contributed by atoms with Gasteiger partial charge in [0.05, 0.1) is 5.69 Å². The van der Waals surface area contributed by atoms with Crippen molar-refractivity contribution < 1.29 is 9.59 Å². The number of rotatable bonds is 4. The molecule has 0 atom stereocenters. The second-order valence-electron chi connectivity index (χ2n) is 5.75. The van der Waals surface area contributed by atoms with Crippen LogP contribution in [-0.2, 0) is 0 Å². The Morgan fingerprint density at radius 2 is 1.70 bits per heavy atom. The first-order valence-electron chi connectivity index (χ1n) is 8.11. The normalized spacial score (nSPS) is 10.3. The largest absolute Gasteiger partial charge is 0.325 e. The van der Waals surface area contributed by atoms with Crippen LogP contribution in [0.3, 0.4) is 0 Å². The number of hydrogen-bond acceptors (Lipinski definition) is 4. The van der Waals surface area contributed by atoms with Crippen LogP contribution in [0, 0.1) is 13.8 Å². The van der Waals surface area contributed by atoms with E-state index < -0.39 is 6.03 Å². The maximum Gasteiger partial charge on any atom is 0.325 e. The molecule has 3 rings (SSSR count). The average Bonchev–Trinajstić information content (AvgIpc) is 3.00. The van der Waals surface area contributed by atoms with Crippen molar-refractivity contribution >= 4 is 51.4 Å². The van der Waals surface area contributed by atoms with Crippen molar-refractivity contribution in [1.82, 2.24) is 4.98 Å². The van der Waals surface area contributed by atoms with Gasteiger partial charge >= 0.3 is 6.03 Å². The molecule has 2 aromatic carbocycles. The molecule has 0 radical (unpaired) electrons. The molecule has 0 fully saturated rings. The molecular formula is C19H17ClN4O2S. The third-order valence-electron chi connectivity index (χ3n) is 3.77. The number of carbonyl (C=O) groups excluding carboxylic acids is 2. The predicted octanol–water partition coefficient (Wildman–Crippen LogP) is 5.31. The van der Waals surface area contributed by atoms with E-state index in [-0.39, 0.29) is 5.91 Å². The minimum atomic E-state index is -0.424. The van der Waals surface area contributed by atoms with E-state index in [2.05, 4.69) is 20.9 Å². The summed E-state index contributed by atoms with van der Waals surface area (Å²) in [5.74, 6) is -0.299. The summed E-state index contributed by atoms with van der Waals surface area (Å²) in [5, 5.41) is 9.10. The summed E-state index contributed by atoms with van der Waals surface area (Å²) in [6, 6.07) is 13.9. The number of urea groups is 1. The van der Waals surface area contributed by atoms with Crippen molar-refractivity contribution in [3.63, 3.8) is 0 Å². The quantitative estimate of drug-likeness (QED) is 0.555. The monoisotopic (exact) mass is 400 g/mol. The van der Waals surface area contributed by atoms with E-state index in [4.69, 9.17) is 11.6 Å². The van der Waals surface area contributed by atoms with Crippen molar-refractivity contribution in [3.05, 3.63) is 69.7 Å². The molecule has 138 valence electrons. The van der Waals surface area contributed by atoms with Gasteiger partial charge in [-0.25, -0.2) is 9.78 Å². The topological polar surface area (TPSA) is 83.1 Å². The number of benzene rings is 2. The van der Waals surface area contributed by atoms with E-state index in [1.54, 1.807) is 37.3 Å². The van der Waals surface area contributed by atoms with E-state index in [9.17, 15) is 9.59 Å². The minimum absolute atomic E-state index is 0.299. The smallest absolute Gasteiger partial charge is 0.321 e. The maximum atomic E-state index is 12.6. The van der Waals surface area contributed by atoms with Gasteiger partial charge in [0.1, 0.15) is 4.88 Å². The second-order valence-corrected chi connectivity index (χ2v) is 7.15. The van der Waals surface area contributed by atoms with Crippen LogP contribution in [0.1, 0.15) is 20.9 Å². The summed E-state index contributed by atoms with van der Waals surface area (Å²) >= 11 is 7.19. The molecule has 27 heavy (non-hydrogen) atoms. The van der Waals surface area contributed by atoms with Crippen LogP contribution < -0.4 is 16.0 Å². The summed E-state index contributed by atoms with van der Waals surface area (Å²) in [4.78, 5) is 29.3. The Morgan fingerprint density at radius 3 is 2.44 bits per heavy atom. The lowest BCUT2D eigenvalue weighted by atomic mass is 10.2. The van der Waals surface area contributed by atoms with Gasteiger partial charge in [0.2, 0.25) is 0 Å². The number of nitrogens with one attached hydrogen (secondary N) is 3. The second kappa shape index (κ2) is 8.20. The van der Waals surface area contributed by atoms with Crippen molar-refractivity contribution in [2.24, 2.45) is 0 Å². The first-order valence-corrected chi connectivity index (χ1v) is 9.30. The molecule has 1 aromatic heterocycles. The van der Waals surface area contributed by atoms with Crippen LogP contribution in [0.25, 0.3) is 0 Å². The zero-order chi connectivity index (χ0) is 19.4. The summed E-state index contributed by atoms with van der Waals surface area (Å²) in [5.41, 5.74) is 2.62. The van der Waals surface area contributed by atoms with Crippen molar-refractivity contribution in [2.75, 3.05) is 16.0 Å². The lowest BCUT2D eigenvalue weighted by Crippen LogP contribution is -2.19. The lowest BCUT2D eigenvalue weighted by Gasteiger charge is -2.08. The molecule has 0 bridgehead atoms. The highest BCUT2D eigenvalue weighted by molar-refractivity contribution is 7.17. The Hall–Kier alpha value is -2.90. The SMILES string of the molecule is Cc1nc(NC(=O)Nc2ccccc2)sc1C(=O)Nc1cccc(Cl)c1C. The number of carbonyl (C=O) groups is 2. The fourth-order valence-corrected chi connectivity index (χ4v) is 3.39. The Kier molecular flexibility index (Phi) is 5.73. The molecule has 3 N–H and O–H groups in total. The highest BCUT2D eigenvalue weighted by Gasteiger charge is 2.17. The van der Waals surface area contributed by atoms with Gasteiger partial charge in [0.15, 0.2) is 5.13 Å². The number of aryl methyl sites for hydroxylation is 1. The van der Waals surface area contributed by atoms with Crippen LogP contribution >= 0.6 is 22.9 Å². The molecule has 1 heterocycles. The Labute approximate surface area is 165 Å². The molecule has 0 unspecified atom stereocenters. The van der Waals surface area contributed by atoms with Gasteiger partial charge in [-0.05, 0) is 43.7 Å². The number of nitrogens with zero attached hydrogens (tertiary/aromatic N) is 1. The van der Waals surface area contributed by atoms with Gasteiger partial charge in [-0.3, -0.25) is 10.1 Å². The number of halogens is 1. The average molecular weight is 401 g/mol. The summed E-state index contributed by atoms with van der Waals surface area (Å²) < 4.78 is 0. The zero-order valence-corrected chi connectivity index (χ0v) is 16.2. The van der Waals surface area contributed by atoms with Gasteiger partial charge in [0, 0.05) is 16.4 Å². The van der Waals surface area contributed by atoms with E-state index in [1.165, 1.54) is 0 Å². The van der Waals surface area contributed by atoms with Gasteiger partial charge in [-0.2, -0.15) is 0 Å². The lowest BCUT2D eigenvalue weighted by molar-refractivity contribution is 0.102. The molecule has 0 aliphatic heterocycles. The van der Waals surface area contributed by atoms with E-state index in [0.29, 0.717) is 32.1 Å². The van der Waals surface area contributed by atoms with Crippen molar-refractivity contribution in [1.29, 1.82) is 0 Å². The Balaban J connectivity index is 1.69. The van der Waals surface area contributed by atoms with Crippen LogP contribution in [0.2, 0.25) is 5.02 Å². The van der Waals surface area contributed by atoms with E-state index in [1.807, 2.05) is 25.1 Å².